The summed E-state index contributed by atoms with van der Waals surface area (Å²) in [5.41, 5.74) is 16.0. The van der Waals surface area contributed by atoms with Crippen LogP contribution in [-0.4, -0.2) is 11.3 Å². The first-order valence-corrected chi connectivity index (χ1v) is 16.7. The smallest absolute Gasteiger partial charge is 0.242 e. The van der Waals surface area contributed by atoms with Gasteiger partial charge in [0.2, 0.25) is 6.71 Å². The quantitative estimate of drug-likeness (QED) is 0.178. The lowest BCUT2D eigenvalue weighted by Gasteiger charge is -2.25. The van der Waals surface area contributed by atoms with Gasteiger partial charge in [-0.15, -0.1) is 11.3 Å². The van der Waals surface area contributed by atoms with E-state index in [1.54, 1.807) is 0 Å². The normalized spacial score (nSPS) is 11.8. The van der Waals surface area contributed by atoms with E-state index in [2.05, 4.69) is 155 Å². The van der Waals surface area contributed by atoms with Crippen LogP contribution in [0.3, 0.4) is 0 Å². The van der Waals surface area contributed by atoms with E-state index in [9.17, 15) is 0 Å². The van der Waals surface area contributed by atoms with E-state index < -0.39 is 0 Å². The van der Waals surface area contributed by atoms with Crippen LogP contribution in [0.25, 0.3) is 47.7 Å². The zero-order valence-corrected chi connectivity index (χ0v) is 27.6. The van der Waals surface area contributed by atoms with Crippen molar-refractivity contribution in [3.05, 3.63) is 143 Å². The summed E-state index contributed by atoms with van der Waals surface area (Å²) < 4.78 is 5.16. The highest BCUT2D eigenvalue weighted by Gasteiger charge is 2.28. The molecule has 0 aliphatic carbocycles. The molecule has 218 valence electrons. The van der Waals surface area contributed by atoms with Crippen LogP contribution in [0.2, 0.25) is 0 Å². The zero-order chi connectivity index (χ0) is 31.0. The maximum Gasteiger partial charge on any atom is 0.242 e. The highest BCUT2D eigenvalue weighted by molar-refractivity contribution is 7.26. The van der Waals surface area contributed by atoms with E-state index in [-0.39, 0.29) is 6.71 Å². The third-order valence-electron chi connectivity index (χ3n) is 9.71. The van der Waals surface area contributed by atoms with Gasteiger partial charge in [-0.25, -0.2) is 0 Å². The first-order valence-electron chi connectivity index (χ1n) is 15.9. The van der Waals surface area contributed by atoms with Crippen molar-refractivity contribution in [1.29, 1.82) is 0 Å². The third-order valence-corrected chi connectivity index (χ3v) is 10.8. The van der Waals surface area contributed by atoms with Crippen molar-refractivity contribution in [2.75, 3.05) is 0 Å². The summed E-state index contributed by atoms with van der Waals surface area (Å²) in [6.45, 7) is 13.7. The van der Waals surface area contributed by atoms with E-state index in [0.29, 0.717) is 0 Å². The second-order valence-corrected chi connectivity index (χ2v) is 14.0. The number of benzene rings is 6. The van der Waals surface area contributed by atoms with Gasteiger partial charge in [0.25, 0.3) is 0 Å². The number of nitrogens with zero attached hydrogens (tertiary/aromatic N) is 1. The van der Waals surface area contributed by atoms with Crippen LogP contribution >= 0.6 is 11.3 Å². The molecule has 0 aliphatic heterocycles. The molecule has 2 heterocycles. The molecule has 45 heavy (non-hydrogen) atoms. The highest BCUT2D eigenvalue weighted by Crippen LogP contribution is 2.42. The molecule has 0 radical (unpaired) electrons. The standard InChI is InChI=1S/C42H36BNS/c1-25-21-27(3)40(28(4)22-25)43(41-29(5)23-26(2)24-30(41)6)31-15-17-32(18-16-31)44-36-13-9-7-11-33(36)34-19-20-38-39(42(34)44)35-12-8-10-14-37(35)45-38/h7-24H,1-6H3. The Balaban J connectivity index is 1.39. The molecule has 3 heteroatoms. The number of hydrogen-bond acceptors (Lipinski definition) is 1. The molecule has 1 nitrogen and oxygen atoms in total. The van der Waals surface area contributed by atoms with E-state index in [0.717, 1.165) is 0 Å². The molecule has 0 amide bonds. The summed E-state index contributed by atoms with van der Waals surface area (Å²) in [5.74, 6) is 0. The lowest BCUT2D eigenvalue weighted by Crippen LogP contribution is -2.55. The average molecular weight is 598 g/mol. The van der Waals surface area contributed by atoms with Crippen molar-refractivity contribution in [3.8, 4) is 5.69 Å². The van der Waals surface area contributed by atoms with Gasteiger partial charge in [0.1, 0.15) is 0 Å². The Hall–Kier alpha value is -4.60. The number of thiophene rings is 1. The number of para-hydroxylation sites is 1. The van der Waals surface area contributed by atoms with Gasteiger partial charge >= 0.3 is 0 Å². The van der Waals surface area contributed by atoms with Crippen molar-refractivity contribution in [2.24, 2.45) is 0 Å². The van der Waals surface area contributed by atoms with Gasteiger partial charge in [0, 0.05) is 36.6 Å². The molecule has 0 unspecified atom stereocenters. The Morgan fingerprint density at radius 3 is 1.69 bits per heavy atom. The SMILES string of the molecule is Cc1cc(C)c(B(c2ccc(-n3c4ccccc4c4ccc5sc6ccccc6c5c43)cc2)c2c(C)cc(C)cc2C)c(C)c1. The molecule has 0 N–H and O–H groups in total. The molecule has 0 atom stereocenters. The van der Waals surface area contributed by atoms with Crippen LogP contribution in [0.1, 0.15) is 33.4 Å². The molecule has 0 spiro atoms. The van der Waals surface area contributed by atoms with E-state index in [4.69, 9.17) is 0 Å². The molecule has 2 aromatic heterocycles. The fourth-order valence-electron chi connectivity index (χ4n) is 8.12. The first-order chi connectivity index (χ1) is 21.8. The summed E-state index contributed by atoms with van der Waals surface area (Å²) in [7, 11) is 0. The monoisotopic (exact) mass is 597 g/mol. The second kappa shape index (κ2) is 10.5. The number of aromatic nitrogens is 1. The summed E-state index contributed by atoms with van der Waals surface area (Å²) in [4.78, 5) is 0. The minimum Gasteiger partial charge on any atom is -0.309 e. The number of hydrogen-bond donors (Lipinski definition) is 0. The van der Waals surface area contributed by atoms with E-state index >= 15 is 0 Å². The molecule has 0 bridgehead atoms. The zero-order valence-electron chi connectivity index (χ0n) is 26.8. The summed E-state index contributed by atoms with van der Waals surface area (Å²) in [6, 6.07) is 41.2. The summed E-state index contributed by atoms with van der Waals surface area (Å²) in [5, 5.41) is 5.28. The van der Waals surface area contributed by atoms with Crippen molar-refractivity contribution >= 4 is 76.4 Å². The van der Waals surface area contributed by atoms with Crippen LogP contribution in [0, 0.1) is 41.5 Å². The van der Waals surface area contributed by atoms with Crippen molar-refractivity contribution < 1.29 is 0 Å². The Morgan fingerprint density at radius 1 is 0.511 bits per heavy atom. The van der Waals surface area contributed by atoms with Crippen LogP contribution in [0.15, 0.2) is 109 Å². The molecular weight excluding hydrogens is 561 g/mol. The van der Waals surface area contributed by atoms with Crippen LogP contribution in [0.4, 0.5) is 0 Å². The maximum atomic E-state index is 2.50. The molecule has 0 aliphatic rings. The fourth-order valence-corrected chi connectivity index (χ4v) is 9.23. The Labute approximate surface area is 269 Å². The van der Waals surface area contributed by atoms with Gasteiger partial charge in [-0.2, -0.15) is 0 Å². The van der Waals surface area contributed by atoms with Crippen molar-refractivity contribution in [2.45, 2.75) is 41.5 Å². The Morgan fingerprint density at radius 2 is 1.07 bits per heavy atom. The largest absolute Gasteiger partial charge is 0.309 e. The predicted octanol–water partition coefficient (Wildman–Crippen LogP) is 9.52. The van der Waals surface area contributed by atoms with Crippen LogP contribution < -0.4 is 16.4 Å². The van der Waals surface area contributed by atoms with Crippen LogP contribution in [0.5, 0.6) is 0 Å². The minimum absolute atomic E-state index is 0.158. The molecular formula is C42H36BNS. The number of rotatable bonds is 4. The first kappa shape index (κ1) is 27.9. The van der Waals surface area contributed by atoms with E-state index in [1.807, 2.05) is 11.3 Å². The van der Waals surface area contributed by atoms with Gasteiger partial charge in [0.05, 0.1) is 11.0 Å². The number of aryl methyl sites for hydroxylation is 6. The van der Waals surface area contributed by atoms with Crippen LogP contribution in [-0.2, 0) is 0 Å². The Bertz CT molecular complexity index is 2340. The topological polar surface area (TPSA) is 4.93 Å². The minimum atomic E-state index is 0.158. The van der Waals surface area contributed by atoms with Crippen molar-refractivity contribution in [3.63, 3.8) is 0 Å². The summed E-state index contributed by atoms with van der Waals surface area (Å²) in [6.07, 6.45) is 0. The number of fused-ring (bicyclic) bond motifs is 7. The molecule has 0 fully saturated rings. The Kier molecular flexibility index (Phi) is 6.51. The molecule has 8 aromatic rings. The summed E-state index contributed by atoms with van der Waals surface area (Å²) >= 11 is 1.89. The highest BCUT2D eigenvalue weighted by atomic mass is 32.1. The maximum absolute atomic E-state index is 2.50. The molecule has 0 saturated heterocycles. The third kappa shape index (κ3) is 4.36. The van der Waals surface area contributed by atoms with Gasteiger partial charge < -0.3 is 4.57 Å². The fraction of sp³-hybridized carbons (Fsp3) is 0.143. The molecule has 8 rings (SSSR count). The molecule has 6 aromatic carbocycles. The lowest BCUT2D eigenvalue weighted by molar-refractivity contribution is 1.19. The van der Waals surface area contributed by atoms with Crippen molar-refractivity contribution in [1.82, 2.24) is 4.57 Å². The average Bonchev–Trinajstić information content (AvgIpc) is 3.55. The molecule has 0 saturated carbocycles. The van der Waals surface area contributed by atoms with Gasteiger partial charge in [-0.3, -0.25) is 0 Å². The predicted molar refractivity (Wildman–Crippen MR) is 200 cm³/mol. The van der Waals surface area contributed by atoms with Gasteiger partial charge in [0.15, 0.2) is 0 Å². The second-order valence-electron chi connectivity index (χ2n) is 12.9. The van der Waals surface area contributed by atoms with Gasteiger partial charge in [-0.05, 0) is 71.9 Å². The van der Waals surface area contributed by atoms with E-state index in [1.165, 1.54) is 97.4 Å². The van der Waals surface area contributed by atoms with Gasteiger partial charge in [-0.1, -0.05) is 129 Å². The lowest BCUT2D eigenvalue weighted by atomic mass is 9.34.